The summed E-state index contributed by atoms with van der Waals surface area (Å²) in [5, 5.41) is 13.5. The first-order valence-electron chi connectivity index (χ1n) is 5.28. The monoisotopic (exact) mass is 216 g/mol. The third-order valence-electron chi connectivity index (χ3n) is 2.42. The van der Waals surface area contributed by atoms with Gasteiger partial charge in [0.05, 0.1) is 0 Å². The molecule has 0 heterocycles. The Labute approximate surface area is 90.2 Å². The molecule has 0 bridgehead atoms. The maximum Gasteiger partial charge on any atom is 0.325 e. The van der Waals surface area contributed by atoms with E-state index in [1.807, 2.05) is 0 Å². The largest absolute Gasteiger partial charge is 0.480 e. The van der Waals surface area contributed by atoms with Gasteiger partial charge in [-0.1, -0.05) is 26.7 Å². The number of carbonyl (C=O) groups excluding carboxylic acids is 1. The summed E-state index contributed by atoms with van der Waals surface area (Å²) >= 11 is 0. The maximum absolute atomic E-state index is 11.2. The predicted octanol–water partition coefficient (Wildman–Crippen LogP) is 1.19. The van der Waals surface area contributed by atoms with Crippen molar-refractivity contribution >= 4 is 12.0 Å². The molecular formula is C10H20N2O3. The Bertz CT molecular complexity index is 215. The van der Waals surface area contributed by atoms with E-state index >= 15 is 0 Å². The molecule has 0 aromatic heterocycles. The molecular weight excluding hydrogens is 196 g/mol. The van der Waals surface area contributed by atoms with Gasteiger partial charge in [-0.3, -0.25) is 4.79 Å². The van der Waals surface area contributed by atoms with Gasteiger partial charge in [-0.25, -0.2) is 4.79 Å². The Morgan fingerprint density at radius 2 is 1.80 bits per heavy atom. The zero-order chi connectivity index (χ0) is 11.8. The topological polar surface area (TPSA) is 78.4 Å². The maximum atomic E-state index is 11.2. The number of hydrogen-bond donors (Lipinski definition) is 3. The van der Waals surface area contributed by atoms with Crippen LogP contribution in [-0.2, 0) is 4.79 Å². The molecule has 0 saturated heterocycles. The van der Waals surface area contributed by atoms with Crippen LogP contribution in [-0.4, -0.2) is 29.7 Å². The van der Waals surface area contributed by atoms with Crippen molar-refractivity contribution in [2.75, 3.05) is 6.54 Å². The lowest BCUT2D eigenvalue weighted by Crippen LogP contribution is -2.45. The van der Waals surface area contributed by atoms with Crippen LogP contribution < -0.4 is 10.6 Å². The van der Waals surface area contributed by atoms with Gasteiger partial charge in [0, 0.05) is 6.54 Å². The molecule has 0 fully saturated rings. The van der Waals surface area contributed by atoms with Crippen LogP contribution in [0.1, 0.15) is 33.6 Å². The second-order valence-electron chi connectivity index (χ2n) is 3.60. The highest BCUT2D eigenvalue weighted by molar-refractivity contribution is 5.82. The Morgan fingerprint density at radius 3 is 2.20 bits per heavy atom. The summed E-state index contributed by atoms with van der Waals surface area (Å²) in [6.07, 6.45) is 2.01. The van der Waals surface area contributed by atoms with E-state index in [-0.39, 0.29) is 0 Å². The number of urea groups is 1. The Balaban J connectivity index is 3.79. The van der Waals surface area contributed by atoms with Crippen molar-refractivity contribution in [1.29, 1.82) is 0 Å². The molecule has 88 valence electrons. The van der Waals surface area contributed by atoms with E-state index in [9.17, 15) is 9.59 Å². The molecule has 15 heavy (non-hydrogen) atoms. The number of carbonyl (C=O) groups is 2. The van der Waals surface area contributed by atoms with Gasteiger partial charge < -0.3 is 15.7 Å². The fourth-order valence-electron chi connectivity index (χ4n) is 1.12. The van der Waals surface area contributed by atoms with Crippen LogP contribution in [0, 0.1) is 5.92 Å². The Kier molecular flexibility index (Phi) is 6.49. The first-order valence-corrected chi connectivity index (χ1v) is 5.28. The lowest BCUT2D eigenvalue weighted by molar-refractivity contribution is -0.138. The average molecular weight is 216 g/mol. The van der Waals surface area contributed by atoms with Gasteiger partial charge in [0.2, 0.25) is 0 Å². The number of aliphatic carboxylic acids is 1. The molecule has 0 aromatic carbocycles. The molecule has 0 saturated carbocycles. The zero-order valence-corrected chi connectivity index (χ0v) is 9.54. The van der Waals surface area contributed by atoms with Crippen LogP contribution in [0.25, 0.3) is 0 Å². The molecule has 1 atom stereocenters. The van der Waals surface area contributed by atoms with E-state index in [0.717, 1.165) is 12.8 Å². The van der Waals surface area contributed by atoms with Gasteiger partial charge in [-0.15, -0.1) is 0 Å². The van der Waals surface area contributed by atoms with Gasteiger partial charge in [-0.05, 0) is 12.8 Å². The van der Waals surface area contributed by atoms with Gasteiger partial charge >= 0.3 is 12.0 Å². The first kappa shape index (κ1) is 13.7. The normalized spacial score (nSPS) is 12.3. The number of hydrogen-bond acceptors (Lipinski definition) is 2. The third-order valence-corrected chi connectivity index (χ3v) is 2.42. The molecule has 5 heteroatoms. The fraction of sp³-hybridized carbons (Fsp3) is 0.800. The van der Waals surface area contributed by atoms with Crippen LogP contribution >= 0.6 is 0 Å². The SMILES string of the molecule is CCC(CC)CNC(=O)N[C@@H](C)C(=O)O. The summed E-state index contributed by atoms with van der Waals surface area (Å²) in [4.78, 5) is 21.7. The molecule has 0 aromatic rings. The number of rotatable bonds is 6. The van der Waals surface area contributed by atoms with Crippen molar-refractivity contribution in [3.63, 3.8) is 0 Å². The molecule has 0 aliphatic heterocycles. The van der Waals surface area contributed by atoms with Gasteiger partial charge in [0.25, 0.3) is 0 Å². The molecule has 0 spiro atoms. The number of carboxylic acid groups (broad SMARTS) is 1. The van der Waals surface area contributed by atoms with Crippen LogP contribution in [0.3, 0.4) is 0 Å². The van der Waals surface area contributed by atoms with E-state index in [2.05, 4.69) is 24.5 Å². The second kappa shape index (κ2) is 7.09. The van der Waals surface area contributed by atoms with E-state index < -0.39 is 18.0 Å². The van der Waals surface area contributed by atoms with Crippen LogP contribution in [0.2, 0.25) is 0 Å². The van der Waals surface area contributed by atoms with Gasteiger partial charge in [0.15, 0.2) is 0 Å². The summed E-state index contributed by atoms with van der Waals surface area (Å²) < 4.78 is 0. The third kappa shape index (κ3) is 5.93. The number of nitrogens with one attached hydrogen (secondary N) is 2. The molecule has 0 unspecified atom stereocenters. The van der Waals surface area contributed by atoms with Crippen LogP contribution in [0.15, 0.2) is 0 Å². The summed E-state index contributed by atoms with van der Waals surface area (Å²) in [5.41, 5.74) is 0. The van der Waals surface area contributed by atoms with Crippen molar-refractivity contribution in [3.8, 4) is 0 Å². The van der Waals surface area contributed by atoms with Gasteiger partial charge in [-0.2, -0.15) is 0 Å². The highest BCUT2D eigenvalue weighted by Gasteiger charge is 2.14. The molecule has 5 nitrogen and oxygen atoms in total. The highest BCUT2D eigenvalue weighted by atomic mass is 16.4. The molecule has 3 N–H and O–H groups in total. The highest BCUT2D eigenvalue weighted by Crippen LogP contribution is 2.04. The standard InChI is InChI=1S/C10H20N2O3/c1-4-8(5-2)6-11-10(15)12-7(3)9(13)14/h7-8H,4-6H2,1-3H3,(H,13,14)(H2,11,12,15)/t7-/m0/s1. The van der Waals surface area contributed by atoms with Crippen molar-refractivity contribution in [2.45, 2.75) is 39.7 Å². The predicted molar refractivity (Wildman–Crippen MR) is 57.7 cm³/mol. The minimum Gasteiger partial charge on any atom is -0.480 e. The number of amides is 2. The summed E-state index contributed by atoms with van der Waals surface area (Å²) in [6, 6.07) is -1.27. The van der Waals surface area contributed by atoms with E-state index in [1.165, 1.54) is 6.92 Å². The molecule has 0 radical (unpaired) electrons. The summed E-state index contributed by atoms with van der Waals surface area (Å²) in [7, 11) is 0. The van der Waals surface area contributed by atoms with Crippen molar-refractivity contribution in [2.24, 2.45) is 5.92 Å². The lowest BCUT2D eigenvalue weighted by atomic mass is 10.0. The van der Waals surface area contributed by atoms with E-state index in [0.29, 0.717) is 12.5 Å². The quantitative estimate of drug-likeness (QED) is 0.624. The van der Waals surface area contributed by atoms with E-state index in [1.54, 1.807) is 0 Å². The van der Waals surface area contributed by atoms with Crippen molar-refractivity contribution in [3.05, 3.63) is 0 Å². The molecule has 0 aliphatic rings. The van der Waals surface area contributed by atoms with Gasteiger partial charge in [0.1, 0.15) is 6.04 Å². The smallest absolute Gasteiger partial charge is 0.325 e. The Morgan fingerprint density at radius 1 is 1.27 bits per heavy atom. The fourth-order valence-corrected chi connectivity index (χ4v) is 1.12. The molecule has 0 aliphatic carbocycles. The average Bonchev–Trinajstić information content (AvgIpc) is 2.19. The minimum atomic E-state index is -1.03. The van der Waals surface area contributed by atoms with Crippen LogP contribution in [0.5, 0.6) is 0 Å². The first-order chi connectivity index (χ1) is 7.01. The van der Waals surface area contributed by atoms with Crippen LogP contribution in [0.4, 0.5) is 4.79 Å². The second-order valence-corrected chi connectivity index (χ2v) is 3.60. The lowest BCUT2D eigenvalue weighted by Gasteiger charge is -2.15. The minimum absolute atomic E-state index is 0.420. The Hall–Kier alpha value is -1.26. The summed E-state index contributed by atoms with van der Waals surface area (Å²) in [6.45, 7) is 6.14. The van der Waals surface area contributed by atoms with Crippen molar-refractivity contribution in [1.82, 2.24) is 10.6 Å². The summed E-state index contributed by atoms with van der Waals surface area (Å²) in [5.74, 6) is -0.580. The van der Waals surface area contributed by atoms with E-state index in [4.69, 9.17) is 5.11 Å². The van der Waals surface area contributed by atoms with Crippen molar-refractivity contribution < 1.29 is 14.7 Å². The zero-order valence-electron chi connectivity index (χ0n) is 9.54. The molecule has 0 rings (SSSR count). The molecule has 2 amide bonds. The number of carboxylic acids is 1.